The molecule has 0 N–H and O–H groups in total. The molecular formula is C47H30N2O. The Bertz CT molecular complexity index is 2850. The van der Waals surface area contributed by atoms with Crippen LogP contribution in [0.4, 0.5) is 17.1 Å². The molecule has 10 aromatic rings. The normalized spacial score (nSPS) is 11.6. The lowest BCUT2D eigenvalue weighted by molar-refractivity contribution is 0.654. The maximum Gasteiger partial charge on any atom is 0.227 e. The Labute approximate surface area is 289 Å². The van der Waals surface area contributed by atoms with Crippen LogP contribution in [0.2, 0.25) is 0 Å². The fourth-order valence-electron chi connectivity index (χ4n) is 7.47. The summed E-state index contributed by atoms with van der Waals surface area (Å²) in [5, 5.41) is 9.70. The van der Waals surface area contributed by atoms with Crippen LogP contribution in [0.25, 0.3) is 76.6 Å². The smallest absolute Gasteiger partial charge is 0.227 e. The zero-order valence-electron chi connectivity index (χ0n) is 27.1. The van der Waals surface area contributed by atoms with E-state index in [4.69, 9.17) is 4.42 Å². The molecule has 0 saturated carbocycles. The molecule has 0 spiro atoms. The molecule has 0 radical (unpaired) electrons. The lowest BCUT2D eigenvalue weighted by atomic mass is 9.95. The summed E-state index contributed by atoms with van der Waals surface area (Å²) in [7, 11) is 0. The van der Waals surface area contributed by atoms with Gasteiger partial charge in [-0.15, -0.1) is 0 Å². The van der Waals surface area contributed by atoms with Crippen molar-refractivity contribution in [2.45, 2.75) is 0 Å². The Morgan fingerprint density at radius 1 is 0.380 bits per heavy atom. The second-order valence-corrected chi connectivity index (χ2v) is 12.8. The third kappa shape index (κ3) is 4.63. The number of hydrogen-bond acceptors (Lipinski definition) is 3. The molecule has 0 aliphatic heterocycles. The van der Waals surface area contributed by atoms with E-state index in [1.165, 1.54) is 54.6 Å². The predicted octanol–water partition coefficient (Wildman–Crippen LogP) is 13.2. The number of benzene rings is 8. The molecule has 0 saturated heterocycles. The maximum absolute atomic E-state index is 6.44. The van der Waals surface area contributed by atoms with Crippen LogP contribution in [0.1, 0.15) is 0 Å². The molecule has 2 aromatic heterocycles. The summed E-state index contributed by atoms with van der Waals surface area (Å²) in [6.07, 6.45) is 1.78. The zero-order valence-corrected chi connectivity index (χ0v) is 27.1. The van der Waals surface area contributed by atoms with Crippen molar-refractivity contribution in [3.05, 3.63) is 182 Å². The van der Waals surface area contributed by atoms with Gasteiger partial charge in [0.15, 0.2) is 5.58 Å². The van der Waals surface area contributed by atoms with E-state index in [0.717, 1.165) is 33.4 Å². The molecule has 0 amide bonds. The van der Waals surface area contributed by atoms with Crippen molar-refractivity contribution in [2.75, 3.05) is 4.90 Å². The number of hydrogen-bond donors (Lipinski definition) is 0. The number of fused-ring (bicyclic) bond motifs is 8. The van der Waals surface area contributed by atoms with Crippen LogP contribution in [0.15, 0.2) is 187 Å². The van der Waals surface area contributed by atoms with E-state index >= 15 is 0 Å². The van der Waals surface area contributed by atoms with Crippen molar-refractivity contribution in [3.8, 4) is 22.3 Å². The van der Waals surface area contributed by atoms with Gasteiger partial charge in [0.2, 0.25) is 5.71 Å². The Morgan fingerprint density at radius 3 is 1.74 bits per heavy atom. The highest BCUT2D eigenvalue weighted by atomic mass is 16.3. The molecular weight excluding hydrogens is 609 g/mol. The van der Waals surface area contributed by atoms with Crippen LogP contribution in [-0.4, -0.2) is 4.98 Å². The van der Waals surface area contributed by atoms with Gasteiger partial charge in [-0.3, -0.25) is 0 Å². The Balaban J connectivity index is 1.07. The number of anilines is 3. The minimum absolute atomic E-state index is 0.641. The summed E-state index contributed by atoms with van der Waals surface area (Å²) in [5.74, 6) is 0. The minimum atomic E-state index is 0.641. The molecule has 0 atom stereocenters. The van der Waals surface area contributed by atoms with Crippen molar-refractivity contribution in [2.24, 2.45) is 0 Å². The van der Waals surface area contributed by atoms with E-state index in [1.54, 1.807) is 6.20 Å². The number of aromatic nitrogens is 1. The summed E-state index contributed by atoms with van der Waals surface area (Å²) in [6.45, 7) is 0. The topological polar surface area (TPSA) is 29.3 Å². The number of nitrogens with zero attached hydrogens (tertiary/aromatic N) is 2. The van der Waals surface area contributed by atoms with E-state index in [-0.39, 0.29) is 0 Å². The summed E-state index contributed by atoms with van der Waals surface area (Å²) >= 11 is 0. The van der Waals surface area contributed by atoms with Crippen LogP contribution >= 0.6 is 0 Å². The van der Waals surface area contributed by atoms with E-state index in [9.17, 15) is 0 Å². The van der Waals surface area contributed by atoms with Crippen LogP contribution in [0, 0.1) is 0 Å². The Kier molecular flexibility index (Phi) is 6.49. The predicted molar refractivity (Wildman–Crippen MR) is 210 cm³/mol. The number of para-hydroxylation sites is 1. The average molecular weight is 639 g/mol. The number of rotatable bonds is 5. The van der Waals surface area contributed by atoms with Crippen LogP contribution < -0.4 is 4.90 Å². The zero-order chi connectivity index (χ0) is 33.0. The van der Waals surface area contributed by atoms with Crippen LogP contribution in [-0.2, 0) is 0 Å². The Morgan fingerprint density at radius 2 is 0.960 bits per heavy atom. The van der Waals surface area contributed by atoms with E-state index in [0.29, 0.717) is 5.71 Å². The van der Waals surface area contributed by atoms with Gasteiger partial charge in [-0.1, -0.05) is 127 Å². The van der Waals surface area contributed by atoms with Crippen molar-refractivity contribution in [3.63, 3.8) is 0 Å². The molecule has 2 heterocycles. The summed E-state index contributed by atoms with van der Waals surface area (Å²) in [4.78, 5) is 6.80. The van der Waals surface area contributed by atoms with Gasteiger partial charge in [0.05, 0.1) is 5.69 Å². The second-order valence-electron chi connectivity index (χ2n) is 12.8. The SMILES string of the molecule is c1ccc(-c2ccc(N(c3ccc(-c4ccc5c(ccc6c7ccccc7ccc56)c4)cc3)c3cccc4c3oc3ncccc34)cc2)cc1. The molecule has 8 aromatic carbocycles. The molecule has 3 heteroatoms. The third-order valence-corrected chi connectivity index (χ3v) is 9.93. The lowest BCUT2D eigenvalue weighted by Crippen LogP contribution is -2.10. The van der Waals surface area contributed by atoms with E-state index in [1.807, 2.05) is 12.1 Å². The first kappa shape index (κ1) is 28.3. The highest BCUT2D eigenvalue weighted by Gasteiger charge is 2.20. The standard InChI is InChI=1S/C47H30N2O/c1-2-8-31(9-3-1)32-15-22-37(23-16-32)49(45-14-6-12-43-44-13-7-29-48-47(44)50-46(43)45)38-24-17-33(18-25-38)35-20-26-40-36(30-35)21-28-41-39-11-5-4-10-34(39)19-27-42(40)41/h1-30H. The van der Waals surface area contributed by atoms with Crippen LogP contribution in [0.5, 0.6) is 0 Å². The fourth-order valence-corrected chi connectivity index (χ4v) is 7.47. The molecule has 0 aliphatic carbocycles. The van der Waals surface area contributed by atoms with Crippen molar-refractivity contribution in [1.82, 2.24) is 4.98 Å². The molecule has 0 bridgehead atoms. The molecule has 50 heavy (non-hydrogen) atoms. The first-order valence-corrected chi connectivity index (χ1v) is 17.0. The Hall–Kier alpha value is -6.71. The van der Waals surface area contributed by atoms with Gasteiger partial charge in [0, 0.05) is 28.3 Å². The highest BCUT2D eigenvalue weighted by molar-refractivity contribution is 6.17. The van der Waals surface area contributed by atoms with Gasteiger partial charge < -0.3 is 9.32 Å². The van der Waals surface area contributed by atoms with E-state index < -0.39 is 0 Å². The molecule has 10 rings (SSSR count). The average Bonchev–Trinajstić information content (AvgIpc) is 3.58. The van der Waals surface area contributed by atoms with Gasteiger partial charge in [0.1, 0.15) is 0 Å². The molecule has 0 aliphatic rings. The van der Waals surface area contributed by atoms with Crippen molar-refractivity contribution >= 4 is 71.4 Å². The van der Waals surface area contributed by atoms with Gasteiger partial charge >= 0.3 is 0 Å². The second kappa shape index (κ2) is 11.5. The van der Waals surface area contributed by atoms with Gasteiger partial charge in [-0.05, 0) is 103 Å². The first-order chi connectivity index (χ1) is 24.8. The summed E-state index contributed by atoms with van der Waals surface area (Å²) < 4.78 is 6.44. The lowest BCUT2D eigenvalue weighted by Gasteiger charge is -2.26. The maximum atomic E-state index is 6.44. The largest absolute Gasteiger partial charge is 0.435 e. The number of pyridine rings is 1. The summed E-state index contributed by atoms with van der Waals surface area (Å²) in [6, 6.07) is 62.9. The van der Waals surface area contributed by atoms with Gasteiger partial charge in [0.25, 0.3) is 0 Å². The number of furan rings is 1. The van der Waals surface area contributed by atoms with Crippen molar-refractivity contribution in [1.29, 1.82) is 0 Å². The minimum Gasteiger partial charge on any atom is -0.435 e. The molecule has 3 nitrogen and oxygen atoms in total. The monoisotopic (exact) mass is 638 g/mol. The molecule has 0 unspecified atom stereocenters. The van der Waals surface area contributed by atoms with Gasteiger partial charge in [-0.2, -0.15) is 0 Å². The fraction of sp³-hybridized carbons (Fsp3) is 0. The van der Waals surface area contributed by atoms with Crippen LogP contribution in [0.3, 0.4) is 0 Å². The third-order valence-electron chi connectivity index (χ3n) is 9.93. The van der Waals surface area contributed by atoms with E-state index in [2.05, 4.69) is 174 Å². The first-order valence-electron chi connectivity index (χ1n) is 17.0. The van der Waals surface area contributed by atoms with Crippen molar-refractivity contribution < 1.29 is 4.42 Å². The summed E-state index contributed by atoms with van der Waals surface area (Å²) in [5.41, 5.74) is 9.22. The molecule has 234 valence electrons. The molecule has 0 fully saturated rings. The quantitative estimate of drug-likeness (QED) is 0.176. The highest BCUT2D eigenvalue weighted by Crippen LogP contribution is 2.43. The van der Waals surface area contributed by atoms with Gasteiger partial charge in [-0.25, -0.2) is 4.98 Å².